The lowest BCUT2D eigenvalue weighted by atomic mass is 9.97. The summed E-state index contributed by atoms with van der Waals surface area (Å²) >= 11 is 3.36. The smallest absolute Gasteiger partial charge is 0.230 e. The molecule has 0 saturated heterocycles. The van der Waals surface area contributed by atoms with Crippen LogP contribution in [0.15, 0.2) is 28.7 Å². The number of amides is 1. The van der Waals surface area contributed by atoms with Gasteiger partial charge in [-0.3, -0.25) is 4.79 Å². The summed E-state index contributed by atoms with van der Waals surface area (Å²) in [5, 5.41) is 0. The zero-order valence-electron chi connectivity index (χ0n) is 10.4. The first-order chi connectivity index (χ1) is 8.56. The Morgan fingerprint density at radius 2 is 2.22 bits per heavy atom. The molecule has 0 radical (unpaired) electrons. The van der Waals surface area contributed by atoms with E-state index in [0.29, 0.717) is 28.7 Å². The van der Waals surface area contributed by atoms with Crippen LogP contribution in [0.3, 0.4) is 0 Å². The summed E-state index contributed by atoms with van der Waals surface area (Å²) in [4.78, 5) is 13.8. The van der Waals surface area contributed by atoms with Gasteiger partial charge in [0.2, 0.25) is 5.91 Å². The van der Waals surface area contributed by atoms with Crippen molar-refractivity contribution in [2.24, 2.45) is 5.92 Å². The lowest BCUT2D eigenvalue weighted by Crippen LogP contribution is -2.36. The van der Waals surface area contributed by atoms with Crippen LogP contribution in [0.2, 0.25) is 0 Å². The lowest BCUT2D eigenvalue weighted by molar-refractivity contribution is -0.131. The van der Waals surface area contributed by atoms with Gasteiger partial charge in [0.05, 0.1) is 5.70 Å². The maximum Gasteiger partial charge on any atom is 0.230 e. The molecule has 0 N–H and O–H groups in total. The van der Waals surface area contributed by atoms with Gasteiger partial charge in [0.1, 0.15) is 5.82 Å². The predicted molar refractivity (Wildman–Crippen MR) is 73.2 cm³/mol. The van der Waals surface area contributed by atoms with E-state index in [2.05, 4.69) is 15.9 Å². The minimum absolute atomic E-state index is 0.0285. The Hall–Kier alpha value is -1.16. The van der Waals surface area contributed by atoms with Crippen molar-refractivity contribution in [1.82, 2.24) is 4.90 Å². The van der Waals surface area contributed by atoms with E-state index in [-0.39, 0.29) is 17.6 Å². The molecule has 1 aliphatic heterocycles. The number of nitrogens with zero attached hydrogens (tertiary/aromatic N) is 1. The molecule has 0 saturated carbocycles. The SMILES string of the molecule is CCN1C(=O)C(C)CC=C1c1c(F)cccc1Br. The highest BCUT2D eigenvalue weighted by Gasteiger charge is 2.29. The van der Waals surface area contributed by atoms with Crippen LogP contribution in [-0.4, -0.2) is 17.4 Å². The normalized spacial score (nSPS) is 20.0. The maximum absolute atomic E-state index is 14.0. The molecule has 0 bridgehead atoms. The molecule has 1 aromatic rings. The second kappa shape index (κ2) is 5.22. The molecule has 1 heterocycles. The molecule has 0 fully saturated rings. The number of carbonyl (C=O) groups excluding carboxylic acids is 1. The number of allylic oxidation sites excluding steroid dienone is 1. The summed E-state index contributed by atoms with van der Waals surface area (Å²) in [7, 11) is 0. The van der Waals surface area contributed by atoms with Gasteiger partial charge in [-0.2, -0.15) is 0 Å². The summed E-state index contributed by atoms with van der Waals surface area (Å²) in [6, 6.07) is 4.85. The first-order valence-corrected chi connectivity index (χ1v) is 6.81. The summed E-state index contributed by atoms with van der Waals surface area (Å²) in [6.45, 7) is 4.35. The zero-order valence-corrected chi connectivity index (χ0v) is 12.0. The predicted octanol–water partition coefficient (Wildman–Crippen LogP) is 3.82. The Morgan fingerprint density at radius 1 is 1.50 bits per heavy atom. The molecule has 1 amide bonds. The van der Waals surface area contributed by atoms with E-state index in [1.54, 1.807) is 17.0 Å². The highest BCUT2D eigenvalue weighted by molar-refractivity contribution is 9.10. The van der Waals surface area contributed by atoms with E-state index >= 15 is 0 Å². The van der Waals surface area contributed by atoms with E-state index in [4.69, 9.17) is 0 Å². The van der Waals surface area contributed by atoms with Crippen molar-refractivity contribution in [3.8, 4) is 0 Å². The average molecular weight is 312 g/mol. The van der Waals surface area contributed by atoms with Crippen LogP contribution in [0.5, 0.6) is 0 Å². The van der Waals surface area contributed by atoms with Crippen molar-refractivity contribution >= 4 is 27.5 Å². The third kappa shape index (κ3) is 2.21. The molecule has 1 aliphatic rings. The second-order valence-corrected chi connectivity index (χ2v) is 5.26. The first-order valence-electron chi connectivity index (χ1n) is 6.02. The molecule has 1 atom stereocenters. The van der Waals surface area contributed by atoms with Crippen LogP contribution in [0.1, 0.15) is 25.8 Å². The topological polar surface area (TPSA) is 20.3 Å². The van der Waals surface area contributed by atoms with E-state index in [0.717, 1.165) is 0 Å². The molecular formula is C14H15BrFNO. The molecule has 0 spiro atoms. The number of rotatable bonds is 2. The van der Waals surface area contributed by atoms with Gasteiger partial charge >= 0.3 is 0 Å². The van der Waals surface area contributed by atoms with Crippen LogP contribution >= 0.6 is 15.9 Å². The van der Waals surface area contributed by atoms with Gasteiger partial charge in [0.25, 0.3) is 0 Å². The molecule has 2 nitrogen and oxygen atoms in total. The molecular weight excluding hydrogens is 297 g/mol. The first kappa shape index (κ1) is 13.3. The van der Waals surface area contributed by atoms with E-state index in [1.807, 2.05) is 19.9 Å². The van der Waals surface area contributed by atoms with Crippen molar-refractivity contribution in [3.63, 3.8) is 0 Å². The minimum Gasteiger partial charge on any atom is -0.312 e. The number of benzene rings is 1. The Morgan fingerprint density at radius 3 is 2.83 bits per heavy atom. The fourth-order valence-corrected chi connectivity index (χ4v) is 2.74. The summed E-state index contributed by atoms with van der Waals surface area (Å²) in [5.74, 6) is -0.277. The van der Waals surface area contributed by atoms with E-state index in [1.165, 1.54) is 6.07 Å². The summed E-state index contributed by atoms with van der Waals surface area (Å²) in [5.41, 5.74) is 1.14. The Bertz CT molecular complexity index is 492. The van der Waals surface area contributed by atoms with Crippen molar-refractivity contribution in [3.05, 3.63) is 40.1 Å². The van der Waals surface area contributed by atoms with E-state index in [9.17, 15) is 9.18 Å². The average Bonchev–Trinajstić information content (AvgIpc) is 2.33. The van der Waals surface area contributed by atoms with Gasteiger partial charge in [-0.15, -0.1) is 0 Å². The quantitative estimate of drug-likeness (QED) is 0.813. The fraction of sp³-hybridized carbons (Fsp3) is 0.357. The van der Waals surface area contributed by atoms with Crippen LogP contribution in [0.25, 0.3) is 5.70 Å². The number of carbonyl (C=O) groups is 1. The Balaban J connectivity index is 2.52. The van der Waals surface area contributed by atoms with Crippen LogP contribution < -0.4 is 0 Å². The van der Waals surface area contributed by atoms with Crippen LogP contribution in [0.4, 0.5) is 4.39 Å². The molecule has 18 heavy (non-hydrogen) atoms. The van der Waals surface area contributed by atoms with Crippen molar-refractivity contribution < 1.29 is 9.18 Å². The lowest BCUT2D eigenvalue weighted by Gasteiger charge is -2.31. The molecule has 1 aromatic carbocycles. The Labute approximate surface area is 115 Å². The standard InChI is InChI=1S/C14H15BrFNO/c1-3-17-12(8-7-9(2)14(17)18)13-10(15)5-4-6-11(13)16/h4-6,8-9H,3,7H2,1-2H3. The fourth-order valence-electron chi connectivity index (χ4n) is 2.19. The van der Waals surface area contributed by atoms with Crippen molar-refractivity contribution in [2.75, 3.05) is 6.54 Å². The maximum atomic E-state index is 14.0. The largest absolute Gasteiger partial charge is 0.312 e. The molecule has 96 valence electrons. The van der Waals surface area contributed by atoms with Gasteiger partial charge in [0.15, 0.2) is 0 Å². The van der Waals surface area contributed by atoms with Gasteiger partial charge in [-0.25, -0.2) is 4.39 Å². The molecule has 2 rings (SSSR count). The van der Waals surface area contributed by atoms with Crippen LogP contribution in [-0.2, 0) is 4.79 Å². The number of hydrogen-bond donors (Lipinski definition) is 0. The third-order valence-corrected chi connectivity index (χ3v) is 3.84. The van der Waals surface area contributed by atoms with Crippen molar-refractivity contribution in [1.29, 1.82) is 0 Å². The van der Waals surface area contributed by atoms with Crippen molar-refractivity contribution in [2.45, 2.75) is 20.3 Å². The minimum atomic E-state index is -0.309. The molecule has 4 heteroatoms. The van der Waals surface area contributed by atoms with Gasteiger partial charge in [-0.1, -0.05) is 19.1 Å². The van der Waals surface area contributed by atoms with Gasteiger partial charge in [-0.05, 0) is 41.4 Å². The monoisotopic (exact) mass is 311 g/mol. The highest BCUT2D eigenvalue weighted by atomic mass is 79.9. The molecule has 0 aromatic heterocycles. The Kier molecular flexibility index (Phi) is 3.85. The zero-order chi connectivity index (χ0) is 13.3. The number of halogens is 2. The molecule has 1 unspecified atom stereocenters. The van der Waals surface area contributed by atoms with Crippen LogP contribution in [0, 0.1) is 11.7 Å². The van der Waals surface area contributed by atoms with Gasteiger partial charge < -0.3 is 4.90 Å². The molecule has 0 aliphatic carbocycles. The summed E-state index contributed by atoms with van der Waals surface area (Å²) < 4.78 is 14.6. The highest BCUT2D eigenvalue weighted by Crippen LogP contribution is 2.33. The second-order valence-electron chi connectivity index (χ2n) is 4.41. The number of hydrogen-bond acceptors (Lipinski definition) is 1. The van der Waals surface area contributed by atoms with E-state index < -0.39 is 0 Å². The van der Waals surface area contributed by atoms with Gasteiger partial charge in [0, 0.05) is 22.5 Å². The summed E-state index contributed by atoms with van der Waals surface area (Å²) in [6.07, 6.45) is 2.60. The third-order valence-electron chi connectivity index (χ3n) is 3.18.